The maximum Gasteiger partial charge on any atom is 0.306 e. The van der Waals surface area contributed by atoms with Gasteiger partial charge in [0, 0.05) is 12.7 Å². The van der Waals surface area contributed by atoms with Crippen LogP contribution < -0.4 is 9.47 Å². The van der Waals surface area contributed by atoms with Crippen LogP contribution in [0.5, 0.6) is 11.5 Å². The summed E-state index contributed by atoms with van der Waals surface area (Å²) in [5, 5.41) is 0. The second-order valence-corrected chi connectivity index (χ2v) is 11.3. The van der Waals surface area contributed by atoms with Gasteiger partial charge in [-0.15, -0.1) is 0 Å². The molecule has 0 bridgehead atoms. The molecule has 0 N–H and O–H groups in total. The summed E-state index contributed by atoms with van der Waals surface area (Å²) < 4.78 is 37.7. The van der Waals surface area contributed by atoms with Gasteiger partial charge in [0.25, 0.3) is 0 Å². The third-order valence-electron chi connectivity index (χ3n) is 8.22. The summed E-state index contributed by atoms with van der Waals surface area (Å²) in [7, 11) is 4.71. The number of rotatable bonds is 13. The van der Waals surface area contributed by atoms with E-state index in [0.29, 0.717) is 30.3 Å². The molecule has 6 heteroatoms. The molecule has 0 amide bonds. The van der Waals surface area contributed by atoms with Crippen molar-refractivity contribution in [2.45, 2.75) is 65.1 Å². The van der Waals surface area contributed by atoms with Crippen molar-refractivity contribution in [3.8, 4) is 22.6 Å². The smallest absolute Gasteiger partial charge is 0.306 e. The fraction of sp³-hybridized carbons (Fsp3) is 0.441. The molecule has 1 aliphatic carbocycles. The number of hydrogen-bond acceptors (Lipinski definition) is 5. The zero-order valence-electron chi connectivity index (χ0n) is 24.5. The molecule has 40 heavy (non-hydrogen) atoms. The van der Waals surface area contributed by atoms with E-state index in [1.54, 1.807) is 26.4 Å². The van der Waals surface area contributed by atoms with Gasteiger partial charge in [-0.05, 0) is 95.2 Å². The van der Waals surface area contributed by atoms with Gasteiger partial charge < -0.3 is 18.9 Å². The van der Waals surface area contributed by atoms with Gasteiger partial charge in [0.2, 0.25) is 0 Å². The molecule has 1 saturated carbocycles. The molecule has 0 saturated heterocycles. The Morgan fingerprint density at radius 1 is 0.975 bits per heavy atom. The molecule has 0 spiro atoms. The number of carbonyl (C=O) groups excluding carboxylic acids is 1. The van der Waals surface area contributed by atoms with Gasteiger partial charge >= 0.3 is 5.97 Å². The predicted molar refractivity (Wildman–Crippen MR) is 155 cm³/mol. The number of ether oxygens (including phenoxy) is 4. The van der Waals surface area contributed by atoms with Crippen LogP contribution in [0.15, 0.2) is 60.7 Å². The van der Waals surface area contributed by atoms with E-state index in [2.05, 4.69) is 32.9 Å². The molecule has 1 fully saturated rings. The molecular weight excluding hydrogens is 507 g/mol. The Morgan fingerprint density at radius 2 is 1.75 bits per heavy atom. The Bertz CT molecular complexity index is 1310. The van der Waals surface area contributed by atoms with Gasteiger partial charge in [-0.3, -0.25) is 4.79 Å². The van der Waals surface area contributed by atoms with Crippen molar-refractivity contribution in [1.29, 1.82) is 0 Å². The summed E-state index contributed by atoms with van der Waals surface area (Å²) >= 11 is 0. The summed E-state index contributed by atoms with van der Waals surface area (Å²) in [5.41, 5.74) is 4.01. The fourth-order valence-corrected chi connectivity index (χ4v) is 5.37. The SMILES string of the molecule is CCC(C)(C)[C@@H](OC)c1cc(COc2cccc([C@@H](CC(=O)OC)C3CC3)c2)ccc1-c1cc(OC)ccc1F. The highest BCUT2D eigenvalue weighted by molar-refractivity contribution is 5.71. The van der Waals surface area contributed by atoms with Gasteiger partial charge in [0.1, 0.15) is 23.9 Å². The Balaban J connectivity index is 1.64. The normalized spacial score (nSPS) is 14.9. The minimum atomic E-state index is -0.316. The van der Waals surface area contributed by atoms with E-state index in [9.17, 15) is 4.79 Å². The Morgan fingerprint density at radius 3 is 2.40 bits per heavy atom. The first-order valence-corrected chi connectivity index (χ1v) is 14.0. The van der Waals surface area contributed by atoms with Crippen molar-refractivity contribution < 1.29 is 28.1 Å². The molecule has 1 aliphatic rings. The highest BCUT2D eigenvalue weighted by Crippen LogP contribution is 2.46. The molecule has 214 valence electrons. The van der Waals surface area contributed by atoms with E-state index < -0.39 is 0 Å². The lowest BCUT2D eigenvalue weighted by atomic mass is 9.77. The second kappa shape index (κ2) is 12.9. The van der Waals surface area contributed by atoms with Gasteiger partial charge in [0.15, 0.2) is 0 Å². The minimum absolute atomic E-state index is 0.137. The molecule has 2 atom stereocenters. The highest BCUT2D eigenvalue weighted by atomic mass is 19.1. The van der Waals surface area contributed by atoms with Crippen LogP contribution in [0.3, 0.4) is 0 Å². The molecular formula is C34H41FO5. The fourth-order valence-electron chi connectivity index (χ4n) is 5.37. The molecule has 4 rings (SSSR count). The third kappa shape index (κ3) is 6.84. The Hall–Kier alpha value is -3.38. The lowest BCUT2D eigenvalue weighted by Crippen LogP contribution is -2.24. The average molecular weight is 549 g/mol. The van der Waals surface area contributed by atoms with Crippen LogP contribution in [0.25, 0.3) is 11.1 Å². The van der Waals surface area contributed by atoms with Crippen LogP contribution in [0.2, 0.25) is 0 Å². The summed E-state index contributed by atoms with van der Waals surface area (Å²) in [6.07, 6.45) is 3.25. The number of halogens is 1. The van der Waals surface area contributed by atoms with Crippen LogP contribution in [0.4, 0.5) is 4.39 Å². The van der Waals surface area contributed by atoms with Gasteiger partial charge in [-0.2, -0.15) is 0 Å². The van der Waals surface area contributed by atoms with E-state index >= 15 is 4.39 Å². The lowest BCUT2D eigenvalue weighted by Gasteiger charge is -2.34. The van der Waals surface area contributed by atoms with E-state index in [4.69, 9.17) is 18.9 Å². The van der Waals surface area contributed by atoms with Crippen molar-refractivity contribution in [2.24, 2.45) is 11.3 Å². The summed E-state index contributed by atoms with van der Waals surface area (Å²) in [5.74, 6) is 1.48. The molecule has 0 aromatic heterocycles. The van der Waals surface area contributed by atoms with Crippen molar-refractivity contribution in [1.82, 2.24) is 0 Å². The largest absolute Gasteiger partial charge is 0.497 e. The van der Waals surface area contributed by atoms with Crippen molar-refractivity contribution in [2.75, 3.05) is 21.3 Å². The number of benzene rings is 3. The summed E-state index contributed by atoms with van der Waals surface area (Å²) in [4.78, 5) is 12.0. The van der Waals surface area contributed by atoms with Gasteiger partial charge in [-0.25, -0.2) is 4.39 Å². The first-order valence-electron chi connectivity index (χ1n) is 14.0. The van der Waals surface area contributed by atoms with Crippen molar-refractivity contribution in [3.05, 3.63) is 83.2 Å². The molecule has 0 aliphatic heterocycles. The van der Waals surface area contributed by atoms with Gasteiger partial charge in [0.05, 0.1) is 26.7 Å². The van der Waals surface area contributed by atoms with Crippen LogP contribution in [-0.2, 0) is 20.9 Å². The minimum Gasteiger partial charge on any atom is -0.497 e. The number of methoxy groups -OCH3 is 3. The van der Waals surface area contributed by atoms with Gasteiger partial charge in [-0.1, -0.05) is 45.0 Å². The van der Waals surface area contributed by atoms with Crippen LogP contribution in [-0.4, -0.2) is 27.3 Å². The third-order valence-corrected chi connectivity index (χ3v) is 8.22. The summed E-state index contributed by atoms with van der Waals surface area (Å²) in [6.45, 7) is 6.79. The number of esters is 1. The first-order chi connectivity index (χ1) is 19.2. The van der Waals surface area contributed by atoms with E-state index in [-0.39, 0.29) is 29.2 Å². The van der Waals surface area contributed by atoms with Crippen LogP contribution in [0.1, 0.15) is 75.2 Å². The zero-order chi connectivity index (χ0) is 28.9. The first kappa shape index (κ1) is 29.6. The standard InChI is InChI=1S/C34H41FO5/c1-7-34(2,3)33(39-6)30-17-22(11-15-27(30)29-19-25(37-4)14-16-31(29)35)21-40-26-10-8-9-24(18-26)28(23-12-13-23)20-32(36)38-5/h8-11,14-19,23,28,33H,7,12-13,20-21H2,1-6H3/t28-,33-/m0/s1. The molecule has 0 radical (unpaired) electrons. The van der Waals surface area contributed by atoms with Crippen LogP contribution in [0, 0.1) is 17.2 Å². The Labute approximate surface area is 237 Å². The quantitative estimate of drug-likeness (QED) is 0.201. The van der Waals surface area contributed by atoms with Crippen molar-refractivity contribution in [3.63, 3.8) is 0 Å². The Kier molecular flexibility index (Phi) is 9.52. The predicted octanol–water partition coefficient (Wildman–Crippen LogP) is 8.26. The van der Waals surface area contributed by atoms with E-state index in [0.717, 1.165) is 47.3 Å². The number of hydrogen-bond donors (Lipinski definition) is 0. The monoisotopic (exact) mass is 548 g/mol. The molecule has 3 aromatic rings. The number of carbonyl (C=O) groups is 1. The summed E-state index contributed by atoms with van der Waals surface area (Å²) in [6, 6.07) is 18.8. The maximum atomic E-state index is 15.1. The van der Waals surface area contributed by atoms with E-state index in [1.807, 2.05) is 30.3 Å². The van der Waals surface area contributed by atoms with E-state index in [1.165, 1.54) is 13.2 Å². The topological polar surface area (TPSA) is 54.0 Å². The maximum absolute atomic E-state index is 15.1. The molecule has 3 aromatic carbocycles. The molecule has 0 heterocycles. The van der Waals surface area contributed by atoms with Crippen LogP contribution >= 0.6 is 0 Å². The zero-order valence-corrected chi connectivity index (χ0v) is 24.5. The molecule has 0 unspecified atom stereocenters. The lowest BCUT2D eigenvalue weighted by molar-refractivity contribution is -0.141. The average Bonchev–Trinajstić information content (AvgIpc) is 3.81. The van der Waals surface area contributed by atoms with Crippen molar-refractivity contribution >= 4 is 5.97 Å². The highest BCUT2D eigenvalue weighted by Gasteiger charge is 2.34. The second-order valence-electron chi connectivity index (χ2n) is 11.3. The molecule has 5 nitrogen and oxygen atoms in total.